The number of carbonyl (C=O) groups is 1. The molecule has 0 aliphatic heterocycles. The van der Waals surface area contributed by atoms with Crippen LogP contribution in [0.4, 0.5) is 0 Å². The van der Waals surface area contributed by atoms with Crippen LogP contribution in [0.3, 0.4) is 0 Å². The molecule has 10 heteroatoms. The van der Waals surface area contributed by atoms with Crippen molar-refractivity contribution in [3.63, 3.8) is 0 Å². The number of rotatable bonds is 4. The molecule has 6 rings (SSSR count). The third-order valence-electron chi connectivity index (χ3n) is 6.02. The van der Waals surface area contributed by atoms with E-state index in [4.69, 9.17) is 42.5 Å². The van der Waals surface area contributed by atoms with E-state index >= 15 is 0 Å². The monoisotopic (exact) mass is 589 g/mol. The lowest BCUT2D eigenvalue weighted by atomic mass is 10.1. The highest BCUT2D eigenvalue weighted by molar-refractivity contribution is 6.34. The molecule has 3 heterocycles. The van der Waals surface area contributed by atoms with Crippen LogP contribution in [0.1, 0.15) is 10.5 Å². The first-order valence-corrected chi connectivity index (χ1v) is 12.9. The van der Waals surface area contributed by atoms with Gasteiger partial charge in [-0.2, -0.15) is 0 Å². The summed E-state index contributed by atoms with van der Waals surface area (Å²) in [6, 6.07) is 22.2. The van der Waals surface area contributed by atoms with Crippen LogP contribution in [0, 0.1) is 0 Å². The number of aromatic carboxylic acids is 1. The number of methoxy groups -OCH3 is 3. The normalized spacial score (nSPS) is 10.3. The molecule has 0 radical (unpaired) electrons. The predicted molar refractivity (Wildman–Crippen MR) is 162 cm³/mol. The lowest BCUT2D eigenvalue weighted by molar-refractivity contribution is 0.0693. The molecule has 0 atom stereocenters. The van der Waals surface area contributed by atoms with E-state index in [0.717, 1.165) is 38.4 Å². The minimum absolute atomic E-state index is 0.0650. The second-order valence-corrected chi connectivity index (χ2v) is 9.15. The first-order chi connectivity index (χ1) is 19.8. The Morgan fingerprint density at radius 3 is 1.34 bits per heavy atom. The Balaban J connectivity index is 0.000000142. The number of carboxylic acid groups (broad SMARTS) is 1. The highest BCUT2D eigenvalue weighted by Crippen LogP contribution is 2.26. The number of hydrogen-bond donors (Lipinski definition) is 1. The number of hydrogen-bond acceptors (Lipinski definition) is 7. The minimum Gasteiger partial charge on any atom is -0.497 e. The molecule has 0 aliphatic carbocycles. The number of pyridine rings is 3. The summed E-state index contributed by atoms with van der Waals surface area (Å²) in [6.45, 7) is 0. The van der Waals surface area contributed by atoms with Crippen molar-refractivity contribution in [1.82, 2.24) is 15.0 Å². The molecule has 0 bridgehead atoms. The van der Waals surface area contributed by atoms with Gasteiger partial charge in [-0.05, 0) is 89.0 Å². The van der Waals surface area contributed by atoms with Crippen molar-refractivity contribution in [3.05, 3.63) is 107 Å². The summed E-state index contributed by atoms with van der Waals surface area (Å²) in [5.74, 6) is 1.33. The van der Waals surface area contributed by atoms with Crippen LogP contribution < -0.4 is 14.2 Å². The van der Waals surface area contributed by atoms with Gasteiger partial charge in [-0.1, -0.05) is 23.2 Å². The number of aromatic nitrogens is 3. The molecule has 0 saturated carbocycles. The molecule has 3 aromatic carbocycles. The van der Waals surface area contributed by atoms with Crippen LogP contribution in [0.2, 0.25) is 10.3 Å². The maximum Gasteiger partial charge on any atom is 0.355 e. The Bertz CT molecular complexity index is 1750. The molecular formula is C31H25Cl2N3O5. The molecule has 3 aromatic heterocycles. The minimum atomic E-state index is -1.02. The Hall–Kier alpha value is -4.66. The Morgan fingerprint density at radius 2 is 0.951 bits per heavy atom. The molecule has 1 N–H and O–H groups in total. The molecule has 0 spiro atoms. The lowest BCUT2D eigenvalue weighted by Crippen LogP contribution is -2.00. The van der Waals surface area contributed by atoms with Gasteiger partial charge in [0.15, 0.2) is 5.69 Å². The van der Waals surface area contributed by atoms with Gasteiger partial charge in [-0.15, -0.1) is 0 Å². The highest BCUT2D eigenvalue weighted by Gasteiger charge is 2.09. The zero-order valence-corrected chi connectivity index (χ0v) is 23.8. The van der Waals surface area contributed by atoms with Crippen LogP contribution in [0.15, 0.2) is 91.4 Å². The quantitative estimate of drug-likeness (QED) is 0.208. The summed E-state index contributed by atoms with van der Waals surface area (Å²) < 4.78 is 15.3. The van der Waals surface area contributed by atoms with E-state index in [1.165, 1.54) is 6.20 Å². The average Bonchev–Trinajstić information content (AvgIpc) is 3.00. The van der Waals surface area contributed by atoms with Gasteiger partial charge in [-0.3, -0.25) is 0 Å². The predicted octanol–water partition coefficient (Wildman–Crippen LogP) is 7.74. The van der Waals surface area contributed by atoms with Gasteiger partial charge in [0.25, 0.3) is 0 Å². The van der Waals surface area contributed by atoms with Gasteiger partial charge in [0.1, 0.15) is 27.6 Å². The van der Waals surface area contributed by atoms with Crippen molar-refractivity contribution in [2.45, 2.75) is 0 Å². The van der Waals surface area contributed by atoms with Crippen LogP contribution in [-0.2, 0) is 0 Å². The standard InChI is InChI=1S/C11H9NO3.2C10H8ClNO/c1-15-8-2-3-9-7(6-8)4-5-12-10(9)11(13)14;2*1-13-8-2-3-9-7(6-8)4-5-12-10(9)11/h2-6H,1H3,(H,13,14);2*2-6H,1H3. The van der Waals surface area contributed by atoms with Crippen LogP contribution in [-0.4, -0.2) is 47.4 Å². The van der Waals surface area contributed by atoms with Crippen molar-refractivity contribution < 1.29 is 24.1 Å². The van der Waals surface area contributed by atoms with E-state index in [0.29, 0.717) is 21.4 Å². The van der Waals surface area contributed by atoms with Gasteiger partial charge < -0.3 is 19.3 Å². The fraction of sp³-hybridized carbons (Fsp3) is 0.0968. The molecule has 8 nitrogen and oxygen atoms in total. The molecule has 6 aromatic rings. The van der Waals surface area contributed by atoms with E-state index < -0.39 is 5.97 Å². The molecule has 41 heavy (non-hydrogen) atoms. The summed E-state index contributed by atoms with van der Waals surface area (Å²) in [6.07, 6.45) is 4.85. The maximum absolute atomic E-state index is 10.9. The van der Waals surface area contributed by atoms with Crippen LogP contribution in [0.25, 0.3) is 32.3 Å². The van der Waals surface area contributed by atoms with E-state index in [9.17, 15) is 4.79 Å². The third kappa shape index (κ3) is 7.11. The second kappa shape index (κ2) is 13.6. The van der Waals surface area contributed by atoms with Crippen molar-refractivity contribution in [1.29, 1.82) is 0 Å². The smallest absolute Gasteiger partial charge is 0.355 e. The zero-order valence-electron chi connectivity index (χ0n) is 22.3. The SMILES string of the molecule is COc1ccc2c(C(=O)O)nccc2c1.COc1ccc2c(Cl)nccc2c1.COc1ccc2c(Cl)nccc2c1. The summed E-state index contributed by atoms with van der Waals surface area (Å²) in [4.78, 5) is 22.7. The lowest BCUT2D eigenvalue weighted by Gasteiger charge is -2.03. The van der Waals surface area contributed by atoms with Gasteiger partial charge in [0.05, 0.1) is 21.3 Å². The molecule has 208 valence electrons. The first kappa shape index (κ1) is 29.3. The molecule has 0 fully saturated rings. The van der Waals surface area contributed by atoms with Gasteiger partial charge in [0.2, 0.25) is 0 Å². The molecule has 0 aliphatic rings. The highest BCUT2D eigenvalue weighted by atomic mass is 35.5. The Morgan fingerprint density at radius 1 is 0.585 bits per heavy atom. The average molecular weight is 590 g/mol. The Kier molecular flexibility index (Phi) is 9.73. The van der Waals surface area contributed by atoms with Crippen molar-refractivity contribution >= 4 is 61.5 Å². The fourth-order valence-corrected chi connectivity index (χ4v) is 4.40. The Labute approximate surface area is 246 Å². The van der Waals surface area contributed by atoms with Crippen molar-refractivity contribution in [2.24, 2.45) is 0 Å². The summed E-state index contributed by atoms with van der Waals surface area (Å²) in [7, 11) is 4.86. The number of fused-ring (bicyclic) bond motifs is 3. The third-order valence-corrected chi connectivity index (χ3v) is 6.62. The summed E-state index contributed by atoms with van der Waals surface area (Å²) in [5.41, 5.74) is 0.0650. The number of ether oxygens (including phenoxy) is 3. The fourth-order valence-electron chi connectivity index (χ4n) is 3.95. The number of nitrogens with zero attached hydrogens (tertiary/aromatic N) is 3. The number of benzene rings is 3. The van der Waals surface area contributed by atoms with Gasteiger partial charge in [-0.25, -0.2) is 19.7 Å². The molecular weight excluding hydrogens is 565 g/mol. The number of carboxylic acids is 1. The van der Waals surface area contributed by atoms with E-state index in [1.54, 1.807) is 58.0 Å². The topological polar surface area (TPSA) is 104 Å². The largest absolute Gasteiger partial charge is 0.497 e. The van der Waals surface area contributed by atoms with Gasteiger partial charge >= 0.3 is 5.97 Å². The molecule has 0 saturated heterocycles. The van der Waals surface area contributed by atoms with Crippen molar-refractivity contribution in [2.75, 3.05) is 21.3 Å². The van der Waals surface area contributed by atoms with E-state index in [1.807, 2.05) is 48.5 Å². The van der Waals surface area contributed by atoms with Crippen molar-refractivity contribution in [3.8, 4) is 17.2 Å². The molecule has 0 unspecified atom stereocenters. The molecule has 0 amide bonds. The van der Waals surface area contributed by atoms with Crippen LogP contribution >= 0.6 is 23.2 Å². The van der Waals surface area contributed by atoms with E-state index in [-0.39, 0.29) is 5.69 Å². The van der Waals surface area contributed by atoms with Gasteiger partial charge in [0, 0.05) is 34.7 Å². The zero-order chi connectivity index (χ0) is 29.4. The second-order valence-electron chi connectivity index (χ2n) is 8.43. The summed E-state index contributed by atoms with van der Waals surface area (Å²) in [5, 5.41) is 15.4. The first-order valence-electron chi connectivity index (χ1n) is 12.2. The maximum atomic E-state index is 10.9. The number of halogens is 2. The van der Waals surface area contributed by atoms with Crippen LogP contribution in [0.5, 0.6) is 17.2 Å². The van der Waals surface area contributed by atoms with E-state index in [2.05, 4.69) is 15.0 Å². The summed E-state index contributed by atoms with van der Waals surface area (Å²) >= 11 is 11.8.